The van der Waals surface area contributed by atoms with Crippen LogP contribution in [0, 0.1) is 0 Å². The molecule has 0 unspecified atom stereocenters. The largest absolute Gasteiger partial charge is 0.361 e. The van der Waals surface area contributed by atoms with Gasteiger partial charge in [-0.25, -0.2) is 0 Å². The van der Waals surface area contributed by atoms with E-state index >= 15 is 0 Å². The van der Waals surface area contributed by atoms with Crippen molar-refractivity contribution in [2.75, 3.05) is 6.54 Å². The van der Waals surface area contributed by atoms with Crippen LogP contribution in [-0.2, 0) is 11.2 Å². The van der Waals surface area contributed by atoms with Crippen molar-refractivity contribution in [3.63, 3.8) is 0 Å². The quantitative estimate of drug-likeness (QED) is 0.864. The molecule has 2 aromatic heterocycles. The van der Waals surface area contributed by atoms with Gasteiger partial charge >= 0.3 is 0 Å². The summed E-state index contributed by atoms with van der Waals surface area (Å²) in [5.41, 5.74) is 0.899. The summed E-state index contributed by atoms with van der Waals surface area (Å²) in [5.74, 6) is 1.40. The highest BCUT2D eigenvalue weighted by atomic mass is 32.1. The fourth-order valence-electron chi connectivity index (χ4n) is 2.77. The van der Waals surface area contributed by atoms with Crippen LogP contribution in [0.4, 0.5) is 0 Å². The average molecular weight is 304 g/mol. The van der Waals surface area contributed by atoms with Crippen molar-refractivity contribution in [1.29, 1.82) is 0 Å². The molecule has 0 aromatic carbocycles. The summed E-state index contributed by atoms with van der Waals surface area (Å²) in [6.07, 6.45) is 2.49. The van der Waals surface area contributed by atoms with Gasteiger partial charge in [0.05, 0.1) is 12.5 Å². The van der Waals surface area contributed by atoms with Gasteiger partial charge in [0.25, 0.3) is 0 Å². The molecule has 1 aliphatic rings. The molecule has 0 aliphatic carbocycles. The van der Waals surface area contributed by atoms with Crippen LogP contribution < -0.4 is 0 Å². The van der Waals surface area contributed by atoms with Crippen molar-refractivity contribution in [3.05, 3.63) is 39.9 Å². The van der Waals surface area contributed by atoms with Gasteiger partial charge in [-0.15, -0.1) is 11.3 Å². The van der Waals surface area contributed by atoms with Crippen LogP contribution in [0.1, 0.15) is 55.0 Å². The minimum Gasteiger partial charge on any atom is -0.361 e. The number of carbonyl (C=O) groups is 1. The number of rotatable bonds is 4. The minimum absolute atomic E-state index is 0.0775. The van der Waals surface area contributed by atoms with Crippen molar-refractivity contribution >= 4 is 17.2 Å². The fourth-order valence-corrected chi connectivity index (χ4v) is 3.47. The first-order valence-electron chi connectivity index (χ1n) is 7.43. The Morgan fingerprint density at radius 2 is 2.43 bits per heavy atom. The summed E-state index contributed by atoms with van der Waals surface area (Å²) in [4.78, 5) is 15.6. The van der Waals surface area contributed by atoms with Crippen molar-refractivity contribution in [2.24, 2.45) is 0 Å². The van der Waals surface area contributed by atoms with Crippen molar-refractivity contribution < 1.29 is 9.32 Å². The van der Waals surface area contributed by atoms with E-state index < -0.39 is 0 Å². The lowest BCUT2D eigenvalue weighted by Gasteiger charge is -2.22. The molecule has 0 radical (unpaired) electrons. The average Bonchev–Trinajstić information content (AvgIpc) is 3.19. The molecule has 1 fully saturated rings. The maximum absolute atomic E-state index is 12.5. The molecule has 4 nitrogen and oxygen atoms in total. The molecule has 0 N–H and O–H groups in total. The number of amides is 1. The van der Waals surface area contributed by atoms with Crippen LogP contribution in [0.2, 0.25) is 0 Å². The standard InChI is InChI=1S/C16H20N2O2S/c1-11(2)15-10-13(17-20-15)14-6-3-7-18(14)16(19)9-12-5-4-8-21-12/h4-5,8,10-11,14H,3,6-7,9H2,1-2H3/t14-/m0/s1. The molecule has 1 amide bonds. The molecular formula is C16H20N2O2S. The Morgan fingerprint density at radius 3 is 3.10 bits per heavy atom. The predicted octanol–water partition coefficient (Wildman–Crippen LogP) is 3.77. The fraction of sp³-hybridized carbons (Fsp3) is 0.500. The van der Waals surface area contributed by atoms with Gasteiger partial charge in [-0.3, -0.25) is 4.79 Å². The van der Waals surface area contributed by atoms with E-state index in [0.29, 0.717) is 12.3 Å². The molecule has 0 spiro atoms. The van der Waals surface area contributed by atoms with E-state index in [4.69, 9.17) is 4.52 Å². The second-order valence-electron chi connectivity index (χ2n) is 5.81. The van der Waals surface area contributed by atoms with Gasteiger partial charge in [0.15, 0.2) is 0 Å². The lowest BCUT2D eigenvalue weighted by atomic mass is 10.1. The van der Waals surface area contributed by atoms with Crippen molar-refractivity contribution in [1.82, 2.24) is 10.1 Å². The Labute approximate surface area is 128 Å². The Kier molecular flexibility index (Phi) is 4.10. The van der Waals surface area contributed by atoms with E-state index in [1.807, 2.05) is 28.5 Å². The van der Waals surface area contributed by atoms with Crippen LogP contribution in [0.25, 0.3) is 0 Å². The highest BCUT2D eigenvalue weighted by molar-refractivity contribution is 7.10. The Balaban J connectivity index is 1.73. The number of nitrogens with zero attached hydrogens (tertiary/aromatic N) is 2. The number of hydrogen-bond acceptors (Lipinski definition) is 4. The summed E-state index contributed by atoms with van der Waals surface area (Å²) in [6, 6.07) is 6.09. The van der Waals surface area contributed by atoms with Gasteiger partial charge in [0.2, 0.25) is 5.91 Å². The van der Waals surface area contributed by atoms with Gasteiger partial charge in [-0.2, -0.15) is 0 Å². The summed E-state index contributed by atoms with van der Waals surface area (Å²) in [7, 11) is 0. The molecule has 3 rings (SSSR count). The maximum Gasteiger partial charge on any atom is 0.228 e. The molecule has 1 atom stereocenters. The minimum atomic E-state index is 0.0775. The first kappa shape index (κ1) is 14.3. The molecule has 5 heteroatoms. The molecular weight excluding hydrogens is 284 g/mol. The lowest BCUT2D eigenvalue weighted by molar-refractivity contribution is -0.131. The van der Waals surface area contributed by atoms with Crippen LogP contribution in [0.15, 0.2) is 28.1 Å². The van der Waals surface area contributed by atoms with E-state index in [-0.39, 0.29) is 11.9 Å². The SMILES string of the molecule is CC(C)c1cc([C@@H]2CCCN2C(=O)Cc2cccs2)no1. The molecule has 0 bridgehead atoms. The van der Waals surface area contributed by atoms with Gasteiger partial charge in [0.1, 0.15) is 11.5 Å². The van der Waals surface area contributed by atoms with Crippen molar-refractivity contribution in [2.45, 2.75) is 45.1 Å². The number of aromatic nitrogens is 1. The van der Waals surface area contributed by atoms with Gasteiger partial charge in [0, 0.05) is 23.4 Å². The van der Waals surface area contributed by atoms with Crippen LogP contribution in [0.5, 0.6) is 0 Å². The smallest absolute Gasteiger partial charge is 0.228 e. The number of carbonyl (C=O) groups excluding carboxylic acids is 1. The highest BCUT2D eigenvalue weighted by Gasteiger charge is 2.32. The first-order valence-corrected chi connectivity index (χ1v) is 8.31. The van der Waals surface area contributed by atoms with Crippen LogP contribution >= 0.6 is 11.3 Å². The molecule has 1 saturated heterocycles. The predicted molar refractivity (Wildman–Crippen MR) is 82.3 cm³/mol. The topological polar surface area (TPSA) is 46.3 Å². The van der Waals surface area contributed by atoms with E-state index in [9.17, 15) is 4.79 Å². The van der Waals surface area contributed by atoms with Gasteiger partial charge in [-0.05, 0) is 24.3 Å². The zero-order chi connectivity index (χ0) is 14.8. The van der Waals surface area contributed by atoms with E-state index in [1.165, 1.54) is 0 Å². The van der Waals surface area contributed by atoms with Gasteiger partial charge < -0.3 is 9.42 Å². The van der Waals surface area contributed by atoms with E-state index in [2.05, 4.69) is 19.0 Å². The molecule has 0 saturated carbocycles. The monoisotopic (exact) mass is 304 g/mol. The third-order valence-corrected chi connectivity index (χ3v) is 4.81. The third kappa shape index (κ3) is 3.02. The second-order valence-corrected chi connectivity index (χ2v) is 6.84. The lowest BCUT2D eigenvalue weighted by Crippen LogP contribution is -2.31. The first-order chi connectivity index (χ1) is 10.1. The van der Waals surface area contributed by atoms with Gasteiger partial charge in [-0.1, -0.05) is 25.1 Å². The molecule has 2 aromatic rings. The molecule has 112 valence electrons. The Hall–Kier alpha value is -1.62. The summed E-state index contributed by atoms with van der Waals surface area (Å²) >= 11 is 1.63. The van der Waals surface area contributed by atoms with Crippen LogP contribution in [0.3, 0.4) is 0 Å². The summed E-state index contributed by atoms with van der Waals surface area (Å²) in [5, 5.41) is 6.19. The second kappa shape index (κ2) is 6.02. The highest BCUT2D eigenvalue weighted by Crippen LogP contribution is 2.33. The molecule has 1 aliphatic heterocycles. The van der Waals surface area contributed by atoms with Crippen molar-refractivity contribution in [3.8, 4) is 0 Å². The van der Waals surface area contributed by atoms with Crippen LogP contribution in [-0.4, -0.2) is 22.5 Å². The Morgan fingerprint density at radius 1 is 1.57 bits per heavy atom. The maximum atomic E-state index is 12.5. The zero-order valence-electron chi connectivity index (χ0n) is 12.4. The number of likely N-dealkylation sites (tertiary alicyclic amines) is 1. The molecule has 3 heterocycles. The third-order valence-electron chi connectivity index (χ3n) is 3.94. The van der Waals surface area contributed by atoms with E-state index in [1.54, 1.807) is 11.3 Å². The summed E-state index contributed by atoms with van der Waals surface area (Å²) in [6.45, 7) is 4.98. The number of thiophene rings is 1. The normalized spacial score (nSPS) is 18.6. The number of hydrogen-bond donors (Lipinski definition) is 0. The Bertz CT molecular complexity index is 604. The van der Waals surface area contributed by atoms with E-state index in [0.717, 1.165) is 35.7 Å². The zero-order valence-corrected chi connectivity index (χ0v) is 13.2. The summed E-state index contributed by atoms with van der Waals surface area (Å²) < 4.78 is 5.39. The molecule has 21 heavy (non-hydrogen) atoms.